The smallest absolute Gasteiger partial charge is 0.170 e. The van der Waals surface area contributed by atoms with E-state index in [1.165, 1.54) is 13.2 Å². The molecule has 1 N–H and O–H groups in total. The van der Waals surface area contributed by atoms with Crippen LogP contribution in [0.5, 0.6) is 0 Å². The second-order valence-electron chi connectivity index (χ2n) is 4.78. The Balaban J connectivity index is 2.55. The number of ether oxygens (including phenoxy) is 1. The van der Waals surface area contributed by atoms with Crippen molar-refractivity contribution in [3.05, 3.63) is 35.8 Å². The Labute approximate surface area is 105 Å². The quantitative estimate of drug-likeness (QED) is 0.909. The molecule has 4 heteroatoms. The monoisotopic (exact) mass is 252 g/mol. The summed E-state index contributed by atoms with van der Waals surface area (Å²) in [5, 5.41) is 11.2. The van der Waals surface area contributed by atoms with Crippen LogP contribution >= 0.6 is 0 Å². The van der Waals surface area contributed by atoms with E-state index in [0.717, 1.165) is 0 Å². The molecule has 1 heterocycles. The first-order chi connectivity index (χ1) is 8.49. The molecule has 0 aliphatic heterocycles. The van der Waals surface area contributed by atoms with E-state index < -0.39 is 11.4 Å². The summed E-state index contributed by atoms with van der Waals surface area (Å²) in [5.74, 6) is -0.206. The van der Waals surface area contributed by atoms with Crippen molar-refractivity contribution in [3.8, 4) is 0 Å². The Morgan fingerprint density at radius 2 is 2.17 bits per heavy atom. The van der Waals surface area contributed by atoms with E-state index in [1.807, 2.05) is 13.8 Å². The zero-order chi connectivity index (χ0) is 13.3. The van der Waals surface area contributed by atoms with Gasteiger partial charge in [-0.3, -0.25) is 0 Å². The molecular formula is C14H17FO3. The van der Waals surface area contributed by atoms with Gasteiger partial charge in [0, 0.05) is 12.5 Å². The van der Waals surface area contributed by atoms with Crippen LogP contribution < -0.4 is 0 Å². The lowest BCUT2D eigenvalue weighted by atomic mass is 9.88. The first kappa shape index (κ1) is 13.1. The highest BCUT2D eigenvalue weighted by Gasteiger charge is 2.37. The Hall–Kier alpha value is -1.39. The SMILES string of the molecule is COCC(O)(c1cc2cccc(F)c2o1)C(C)C. The van der Waals surface area contributed by atoms with Crippen LogP contribution in [-0.4, -0.2) is 18.8 Å². The molecule has 0 radical (unpaired) electrons. The van der Waals surface area contributed by atoms with Crippen molar-refractivity contribution in [1.29, 1.82) is 0 Å². The average Bonchev–Trinajstić information content (AvgIpc) is 2.74. The minimum absolute atomic E-state index is 0.103. The lowest BCUT2D eigenvalue weighted by Gasteiger charge is -2.29. The molecule has 1 atom stereocenters. The third-order valence-electron chi connectivity index (χ3n) is 3.24. The third-order valence-corrected chi connectivity index (χ3v) is 3.24. The van der Waals surface area contributed by atoms with Gasteiger partial charge < -0.3 is 14.3 Å². The number of hydrogen-bond acceptors (Lipinski definition) is 3. The number of methoxy groups -OCH3 is 1. The van der Waals surface area contributed by atoms with Gasteiger partial charge in [-0.05, 0) is 18.1 Å². The molecular weight excluding hydrogens is 235 g/mol. The van der Waals surface area contributed by atoms with E-state index >= 15 is 0 Å². The summed E-state index contributed by atoms with van der Waals surface area (Å²) >= 11 is 0. The zero-order valence-corrected chi connectivity index (χ0v) is 10.7. The van der Waals surface area contributed by atoms with Crippen LogP contribution in [0.1, 0.15) is 19.6 Å². The highest BCUT2D eigenvalue weighted by molar-refractivity contribution is 5.78. The van der Waals surface area contributed by atoms with Gasteiger partial charge in [0.25, 0.3) is 0 Å². The Morgan fingerprint density at radius 3 is 2.72 bits per heavy atom. The molecule has 1 aromatic heterocycles. The molecule has 0 aliphatic rings. The number of benzene rings is 1. The molecule has 98 valence electrons. The highest BCUT2D eigenvalue weighted by Crippen LogP contribution is 2.34. The lowest BCUT2D eigenvalue weighted by Crippen LogP contribution is -2.36. The topological polar surface area (TPSA) is 42.6 Å². The number of hydrogen-bond donors (Lipinski definition) is 1. The van der Waals surface area contributed by atoms with Gasteiger partial charge in [-0.25, -0.2) is 4.39 Å². The fourth-order valence-corrected chi connectivity index (χ4v) is 1.98. The molecule has 3 nitrogen and oxygen atoms in total. The summed E-state index contributed by atoms with van der Waals surface area (Å²) in [6.45, 7) is 3.83. The Bertz CT molecular complexity index is 547. The van der Waals surface area contributed by atoms with Gasteiger partial charge in [-0.1, -0.05) is 26.0 Å². The minimum atomic E-state index is -1.25. The predicted molar refractivity (Wildman–Crippen MR) is 66.8 cm³/mol. The molecule has 0 saturated heterocycles. The van der Waals surface area contributed by atoms with E-state index in [2.05, 4.69) is 0 Å². The summed E-state index contributed by atoms with van der Waals surface area (Å²) in [5.41, 5.74) is -1.08. The Kier molecular flexibility index (Phi) is 3.41. The standard InChI is InChI=1S/C14H17FO3/c1-9(2)14(16,8-17-3)12-7-10-5-4-6-11(15)13(10)18-12/h4-7,9,16H,8H2,1-3H3. The summed E-state index contributed by atoms with van der Waals surface area (Å²) in [6, 6.07) is 6.36. The van der Waals surface area contributed by atoms with E-state index in [-0.39, 0.29) is 18.1 Å². The zero-order valence-electron chi connectivity index (χ0n) is 10.7. The van der Waals surface area contributed by atoms with Gasteiger partial charge in [-0.15, -0.1) is 0 Å². The van der Waals surface area contributed by atoms with Crippen molar-refractivity contribution >= 4 is 11.0 Å². The molecule has 0 bridgehead atoms. The van der Waals surface area contributed by atoms with Crippen LogP contribution in [0, 0.1) is 11.7 Å². The lowest BCUT2D eigenvalue weighted by molar-refractivity contribution is -0.0833. The molecule has 1 unspecified atom stereocenters. The largest absolute Gasteiger partial charge is 0.455 e. The normalized spacial score (nSPS) is 15.2. The van der Waals surface area contributed by atoms with Crippen molar-refractivity contribution in [2.45, 2.75) is 19.4 Å². The van der Waals surface area contributed by atoms with Crippen LogP contribution in [0.2, 0.25) is 0 Å². The van der Waals surface area contributed by atoms with Gasteiger partial charge in [0.1, 0.15) is 11.4 Å². The van der Waals surface area contributed by atoms with E-state index in [0.29, 0.717) is 11.1 Å². The fourth-order valence-electron chi connectivity index (χ4n) is 1.98. The number of rotatable bonds is 4. The van der Waals surface area contributed by atoms with Crippen molar-refractivity contribution in [2.24, 2.45) is 5.92 Å². The molecule has 0 aliphatic carbocycles. The summed E-state index contributed by atoms with van der Waals surface area (Å²) in [4.78, 5) is 0. The number of para-hydroxylation sites is 1. The molecule has 2 rings (SSSR count). The van der Waals surface area contributed by atoms with Gasteiger partial charge in [-0.2, -0.15) is 0 Å². The predicted octanol–water partition coefficient (Wildman–Crippen LogP) is 3.06. The summed E-state index contributed by atoms with van der Waals surface area (Å²) in [7, 11) is 1.51. The molecule has 0 fully saturated rings. The van der Waals surface area contributed by atoms with Crippen LogP contribution in [0.3, 0.4) is 0 Å². The van der Waals surface area contributed by atoms with Crippen molar-refractivity contribution in [1.82, 2.24) is 0 Å². The van der Waals surface area contributed by atoms with E-state index in [1.54, 1.807) is 18.2 Å². The fraction of sp³-hybridized carbons (Fsp3) is 0.429. The van der Waals surface area contributed by atoms with Gasteiger partial charge in [0.2, 0.25) is 0 Å². The first-order valence-corrected chi connectivity index (χ1v) is 5.89. The number of furan rings is 1. The Morgan fingerprint density at radius 1 is 1.44 bits per heavy atom. The summed E-state index contributed by atoms with van der Waals surface area (Å²) < 4.78 is 24.1. The highest BCUT2D eigenvalue weighted by atomic mass is 19.1. The average molecular weight is 252 g/mol. The molecule has 0 amide bonds. The number of halogens is 1. The molecule has 0 spiro atoms. The third kappa shape index (κ3) is 2.02. The van der Waals surface area contributed by atoms with E-state index in [4.69, 9.17) is 9.15 Å². The van der Waals surface area contributed by atoms with Crippen LogP contribution in [0.25, 0.3) is 11.0 Å². The van der Waals surface area contributed by atoms with Crippen LogP contribution in [0.4, 0.5) is 4.39 Å². The second kappa shape index (κ2) is 4.71. The first-order valence-electron chi connectivity index (χ1n) is 5.89. The van der Waals surface area contributed by atoms with Crippen molar-refractivity contribution < 1.29 is 18.7 Å². The molecule has 1 aromatic carbocycles. The van der Waals surface area contributed by atoms with Crippen molar-refractivity contribution in [2.75, 3.05) is 13.7 Å². The number of aliphatic hydroxyl groups is 1. The molecule has 18 heavy (non-hydrogen) atoms. The number of fused-ring (bicyclic) bond motifs is 1. The van der Waals surface area contributed by atoms with Gasteiger partial charge >= 0.3 is 0 Å². The van der Waals surface area contributed by atoms with E-state index in [9.17, 15) is 9.50 Å². The van der Waals surface area contributed by atoms with Gasteiger partial charge in [0.15, 0.2) is 11.4 Å². The maximum atomic E-state index is 13.6. The maximum Gasteiger partial charge on any atom is 0.170 e. The van der Waals surface area contributed by atoms with Gasteiger partial charge in [0.05, 0.1) is 6.61 Å². The molecule has 0 saturated carbocycles. The maximum absolute atomic E-state index is 13.6. The van der Waals surface area contributed by atoms with Crippen LogP contribution in [-0.2, 0) is 10.3 Å². The minimum Gasteiger partial charge on any atom is -0.455 e. The summed E-state index contributed by atoms with van der Waals surface area (Å²) in [6.07, 6.45) is 0. The second-order valence-corrected chi connectivity index (χ2v) is 4.78. The van der Waals surface area contributed by atoms with Crippen molar-refractivity contribution in [3.63, 3.8) is 0 Å². The van der Waals surface area contributed by atoms with Crippen LogP contribution in [0.15, 0.2) is 28.7 Å². The molecule has 2 aromatic rings.